The van der Waals surface area contributed by atoms with E-state index in [1.54, 1.807) is 0 Å². The van der Waals surface area contributed by atoms with Crippen LogP contribution >= 0.6 is 11.3 Å². The van der Waals surface area contributed by atoms with Gasteiger partial charge in [0.1, 0.15) is 5.75 Å². The summed E-state index contributed by atoms with van der Waals surface area (Å²) in [4.78, 5) is 13.2. The standard InChI is InChI=1S/C19H15F2NO2S/c20-15-9-8-14(11-16(15)21)24-12-18(23)22-19(17-7-4-10-25-17)13-5-2-1-3-6-13/h1-11,19H,12H2,(H,22,23). The topological polar surface area (TPSA) is 38.3 Å². The molecule has 0 radical (unpaired) electrons. The van der Waals surface area contributed by atoms with Gasteiger partial charge < -0.3 is 10.1 Å². The number of hydrogen-bond acceptors (Lipinski definition) is 3. The number of amides is 1. The Morgan fingerprint density at radius 3 is 2.52 bits per heavy atom. The van der Waals surface area contributed by atoms with Gasteiger partial charge in [0.05, 0.1) is 6.04 Å². The van der Waals surface area contributed by atoms with Gasteiger partial charge in [0, 0.05) is 10.9 Å². The van der Waals surface area contributed by atoms with E-state index in [4.69, 9.17) is 4.74 Å². The van der Waals surface area contributed by atoms with E-state index in [2.05, 4.69) is 5.32 Å². The van der Waals surface area contributed by atoms with E-state index in [9.17, 15) is 13.6 Å². The maximum Gasteiger partial charge on any atom is 0.258 e. The average Bonchev–Trinajstić information content (AvgIpc) is 3.16. The van der Waals surface area contributed by atoms with Gasteiger partial charge >= 0.3 is 0 Å². The Morgan fingerprint density at radius 2 is 1.84 bits per heavy atom. The van der Waals surface area contributed by atoms with Crippen LogP contribution in [-0.2, 0) is 4.79 Å². The normalized spacial score (nSPS) is 11.8. The molecule has 0 aliphatic heterocycles. The van der Waals surface area contributed by atoms with Gasteiger partial charge in [-0.25, -0.2) is 8.78 Å². The smallest absolute Gasteiger partial charge is 0.258 e. The minimum absolute atomic E-state index is 0.0986. The summed E-state index contributed by atoms with van der Waals surface area (Å²) >= 11 is 1.54. The molecule has 1 amide bonds. The monoisotopic (exact) mass is 359 g/mol. The van der Waals surface area contributed by atoms with E-state index in [-0.39, 0.29) is 24.3 Å². The van der Waals surface area contributed by atoms with Crippen molar-refractivity contribution in [2.24, 2.45) is 0 Å². The molecule has 3 nitrogen and oxygen atoms in total. The van der Waals surface area contributed by atoms with Crippen molar-refractivity contribution < 1.29 is 18.3 Å². The van der Waals surface area contributed by atoms with E-state index >= 15 is 0 Å². The molecule has 0 spiro atoms. The van der Waals surface area contributed by atoms with Crippen LogP contribution in [0, 0.1) is 11.6 Å². The van der Waals surface area contributed by atoms with Gasteiger partial charge in [-0.15, -0.1) is 11.3 Å². The predicted octanol–water partition coefficient (Wildman–Crippen LogP) is 4.31. The number of benzene rings is 2. The molecule has 1 unspecified atom stereocenters. The van der Waals surface area contributed by atoms with Crippen molar-refractivity contribution in [3.63, 3.8) is 0 Å². The summed E-state index contributed by atoms with van der Waals surface area (Å²) < 4.78 is 31.3. The molecule has 0 aliphatic rings. The van der Waals surface area contributed by atoms with E-state index in [1.807, 2.05) is 47.8 Å². The SMILES string of the molecule is O=C(COc1ccc(F)c(F)c1)NC(c1ccccc1)c1cccs1. The highest BCUT2D eigenvalue weighted by Gasteiger charge is 2.18. The van der Waals surface area contributed by atoms with Gasteiger partial charge in [0.25, 0.3) is 5.91 Å². The van der Waals surface area contributed by atoms with Crippen molar-refractivity contribution in [3.05, 3.63) is 88.1 Å². The summed E-state index contributed by atoms with van der Waals surface area (Å²) in [5, 5.41) is 4.85. The van der Waals surface area contributed by atoms with Gasteiger partial charge in [-0.2, -0.15) is 0 Å². The van der Waals surface area contributed by atoms with Crippen molar-refractivity contribution in [3.8, 4) is 5.75 Å². The van der Waals surface area contributed by atoms with Crippen LogP contribution in [0.25, 0.3) is 0 Å². The first-order valence-electron chi connectivity index (χ1n) is 7.59. The Hall–Kier alpha value is -2.73. The summed E-state index contributed by atoms with van der Waals surface area (Å²) in [5.74, 6) is -2.23. The third-order valence-electron chi connectivity index (χ3n) is 3.53. The van der Waals surface area contributed by atoms with Gasteiger partial charge in [0.2, 0.25) is 0 Å². The third kappa shape index (κ3) is 4.42. The van der Waals surface area contributed by atoms with E-state index in [0.717, 1.165) is 22.6 Å². The Labute approximate surface area is 147 Å². The molecule has 6 heteroatoms. The molecule has 1 heterocycles. The van der Waals surface area contributed by atoms with Gasteiger partial charge in [0.15, 0.2) is 18.2 Å². The maximum absolute atomic E-state index is 13.2. The van der Waals surface area contributed by atoms with E-state index in [1.165, 1.54) is 17.4 Å². The summed E-state index contributed by atoms with van der Waals surface area (Å²) in [6.45, 7) is -0.292. The zero-order chi connectivity index (χ0) is 17.6. The molecule has 1 atom stereocenters. The Balaban J connectivity index is 1.67. The first-order chi connectivity index (χ1) is 12.1. The molecule has 25 heavy (non-hydrogen) atoms. The molecule has 1 N–H and O–H groups in total. The largest absolute Gasteiger partial charge is 0.484 e. The minimum Gasteiger partial charge on any atom is -0.484 e. The fourth-order valence-corrected chi connectivity index (χ4v) is 3.14. The number of thiophene rings is 1. The highest BCUT2D eigenvalue weighted by Crippen LogP contribution is 2.25. The van der Waals surface area contributed by atoms with Crippen LogP contribution in [0.1, 0.15) is 16.5 Å². The summed E-state index contributed by atoms with van der Waals surface area (Å²) in [5.41, 5.74) is 0.950. The highest BCUT2D eigenvalue weighted by molar-refractivity contribution is 7.10. The first-order valence-corrected chi connectivity index (χ1v) is 8.47. The number of carbonyl (C=O) groups is 1. The molecule has 0 fully saturated rings. The maximum atomic E-state index is 13.2. The molecule has 0 saturated heterocycles. The van der Waals surface area contributed by atoms with Crippen LogP contribution in [-0.4, -0.2) is 12.5 Å². The van der Waals surface area contributed by atoms with Crippen molar-refractivity contribution >= 4 is 17.2 Å². The van der Waals surface area contributed by atoms with E-state index in [0.29, 0.717) is 0 Å². The fraction of sp³-hybridized carbons (Fsp3) is 0.105. The molecule has 0 bridgehead atoms. The number of rotatable bonds is 6. The van der Waals surface area contributed by atoms with Crippen LogP contribution in [0.15, 0.2) is 66.0 Å². The number of nitrogens with one attached hydrogen (secondary N) is 1. The molecule has 0 aliphatic carbocycles. The van der Waals surface area contributed by atoms with E-state index < -0.39 is 11.6 Å². The minimum atomic E-state index is -1.02. The number of ether oxygens (including phenoxy) is 1. The van der Waals surface area contributed by atoms with Crippen molar-refractivity contribution in [2.75, 3.05) is 6.61 Å². The molecule has 3 rings (SSSR count). The van der Waals surface area contributed by atoms with Crippen LogP contribution in [0.5, 0.6) is 5.75 Å². The second kappa shape index (κ2) is 7.90. The number of hydrogen-bond donors (Lipinski definition) is 1. The van der Waals surface area contributed by atoms with Crippen LogP contribution < -0.4 is 10.1 Å². The van der Waals surface area contributed by atoms with Crippen LogP contribution in [0.4, 0.5) is 8.78 Å². The van der Waals surface area contributed by atoms with Crippen LogP contribution in [0.3, 0.4) is 0 Å². The lowest BCUT2D eigenvalue weighted by Gasteiger charge is -2.18. The lowest BCUT2D eigenvalue weighted by molar-refractivity contribution is -0.123. The third-order valence-corrected chi connectivity index (χ3v) is 4.46. The summed E-state index contributed by atoms with van der Waals surface area (Å²) in [6.07, 6.45) is 0. The van der Waals surface area contributed by atoms with Crippen molar-refractivity contribution in [1.29, 1.82) is 0 Å². The summed E-state index contributed by atoms with van der Waals surface area (Å²) in [7, 11) is 0. The molecule has 1 aromatic heterocycles. The second-order valence-electron chi connectivity index (χ2n) is 5.29. The number of carbonyl (C=O) groups excluding carboxylic acids is 1. The Morgan fingerprint density at radius 1 is 1.04 bits per heavy atom. The fourth-order valence-electron chi connectivity index (χ4n) is 2.34. The van der Waals surface area contributed by atoms with Gasteiger partial charge in [-0.1, -0.05) is 36.4 Å². The van der Waals surface area contributed by atoms with Gasteiger partial charge in [-0.3, -0.25) is 4.79 Å². The zero-order valence-electron chi connectivity index (χ0n) is 13.1. The quantitative estimate of drug-likeness (QED) is 0.712. The Bertz CT molecular complexity index is 838. The number of halogens is 2. The molecular formula is C19H15F2NO2S. The molecule has 128 valence electrons. The Kier molecular flexibility index (Phi) is 5.40. The molecule has 2 aromatic carbocycles. The first kappa shape index (κ1) is 17.1. The lowest BCUT2D eigenvalue weighted by Crippen LogP contribution is -2.32. The van der Waals surface area contributed by atoms with Crippen molar-refractivity contribution in [2.45, 2.75) is 6.04 Å². The molecule has 0 saturated carbocycles. The van der Waals surface area contributed by atoms with Crippen molar-refractivity contribution in [1.82, 2.24) is 5.32 Å². The predicted molar refractivity (Wildman–Crippen MR) is 92.6 cm³/mol. The van der Waals surface area contributed by atoms with Gasteiger partial charge in [-0.05, 0) is 29.1 Å². The average molecular weight is 359 g/mol. The highest BCUT2D eigenvalue weighted by atomic mass is 32.1. The van der Waals surface area contributed by atoms with Crippen LogP contribution in [0.2, 0.25) is 0 Å². The zero-order valence-corrected chi connectivity index (χ0v) is 13.9. The summed E-state index contributed by atoms with van der Waals surface area (Å²) in [6, 6.07) is 16.3. The molecule has 3 aromatic rings. The lowest BCUT2D eigenvalue weighted by atomic mass is 10.1. The second-order valence-corrected chi connectivity index (χ2v) is 6.27. The molecular weight excluding hydrogens is 344 g/mol.